The molecule has 0 aliphatic rings. The Morgan fingerprint density at radius 3 is 2.00 bits per heavy atom. The van der Waals surface area contributed by atoms with Crippen molar-refractivity contribution in [3.05, 3.63) is 0 Å². The summed E-state index contributed by atoms with van der Waals surface area (Å²) in [5.41, 5.74) is -0.472. The van der Waals surface area contributed by atoms with Gasteiger partial charge in [-0.1, -0.05) is 0 Å². The van der Waals surface area contributed by atoms with E-state index in [0.29, 0.717) is 0 Å². The number of rotatable bonds is 2. The molecule has 2 heteroatoms. The molecule has 2 nitrogen and oxygen atoms in total. The zero-order valence-electron chi connectivity index (χ0n) is 4.91. The average molecular weight is 100 g/mol. The van der Waals surface area contributed by atoms with E-state index in [2.05, 4.69) is 5.32 Å². The Morgan fingerprint density at radius 1 is 1.57 bits per heavy atom. The van der Waals surface area contributed by atoms with Crippen LogP contribution in [0.1, 0.15) is 13.8 Å². The predicted molar refractivity (Wildman–Crippen MR) is 28.8 cm³/mol. The van der Waals surface area contributed by atoms with Crippen LogP contribution in [-0.2, 0) is 4.79 Å². The summed E-state index contributed by atoms with van der Waals surface area (Å²) in [6, 6.07) is 0. The molecule has 0 aromatic rings. The fourth-order valence-electron chi connectivity index (χ4n) is 0.0510. The van der Waals surface area contributed by atoms with Crippen molar-refractivity contribution in [2.75, 3.05) is 7.05 Å². The van der Waals surface area contributed by atoms with Gasteiger partial charge in [0.05, 0.1) is 5.54 Å². The molecule has 0 aliphatic heterocycles. The molecule has 0 heterocycles. The lowest BCUT2D eigenvalue weighted by molar-refractivity contribution is 0.478. The van der Waals surface area contributed by atoms with Crippen LogP contribution in [-0.4, -0.2) is 18.9 Å². The highest BCUT2D eigenvalue weighted by Crippen LogP contribution is 1.91. The predicted octanol–water partition coefficient (Wildman–Crippen LogP) is 0.0941. The second kappa shape index (κ2) is 2.07. The van der Waals surface area contributed by atoms with Gasteiger partial charge < -0.3 is 5.32 Å². The minimum atomic E-state index is -0.472. The highest BCUT2D eigenvalue weighted by molar-refractivity contribution is 5.63. The van der Waals surface area contributed by atoms with E-state index in [1.54, 1.807) is 20.9 Å². The molecule has 0 fully saturated rings. The van der Waals surface area contributed by atoms with Crippen molar-refractivity contribution in [1.82, 2.24) is 5.32 Å². The fourth-order valence-corrected chi connectivity index (χ4v) is 0.0510. The largest absolute Gasteiger partial charge is 0.308 e. The van der Waals surface area contributed by atoms with Crippen LogP contribution in [0, 0.1) is 0 Å². The van der Waals surface area contributed by atoms with Gasteiger partial charge in [0, 0.05) is 0 Å². The zero-order valence-corrected chi connectivity index (χ0v) is 4.91. The summed E-state index contributed by atoms with van der Waals surface area (Å²) in [4.78, 5) is 9.87. The molecule has 0 saturated carbocycles. The van der Waals surface area contributed by atoms with Gasteiger partial charge in [0.1, 0.15) is 0 Å². The van der Waals surface area contributed by atoms with Crippen molar-refractivity contribution in [3.63, 3.8) is 0 Å². The molecule has 0 rings (SSSR count). The quantitative estimate of drug-likeness (QED) is 0.533. The SMILES string of the molecule is CNC(C)(C)[C]=O. The Bertz CT molecular complexity index is 68.5. The standard InChI is InChI=1S/C5H10NO/c1-5(2,4-7)6-3/h6H,1-3H3. The summed E-state index contributed by atoms with van der Waals surface area (Å²) >= 11 is 0. The van der Waals surface area contributed by atoms with Crippen LogP contribution in [0.15, 0.2) is 0 Å². The summed E-state index contributed by atoms with van der Waals surface area (Å²) in [5.74, 6) is 0. The van der Waals surface area contributed by atoms with Crippen LogP contribution in [0.5, 0.6) is 0 Å². The van der Waals surface area contributed by atoms with E-state index < -0.39 is 5.54 Å². The molecule has 0 amide bonds. The van der Waals surface area contributed by atoms with Gasteiger partial charge in [0.25, 0.3) is 0 Å². The van der Waals surface area contributed by atoms with E-state index in [0.717, 1.165) is 0 Å². The lowest BCUT2D eigenvalue weighted by atomic mass is 10.1. The normalized spacial score (nSPS) is 11.3. The maximum absolute atomic E-state index is 9.87. The molecule has 0 bridgehead atoms. The van der Waals surface area contributed by atoms with E-state index in [9.17, 15) is 4.79 Å². The number of hydrogen-bond donors (Lipinski definition) is 1. The van der Waals surface area contributed by atoms with E-state index in [4.69, 9.17) is 0 Å². The molecule has 1 N–H and O–H groups in total. The second-order valence-electron chi connectivity index (χ2n) is 1.98. The lowest BCUT2D eigenvalue weighted by Gasteiger charge is -2.12. The number of likely N-dealkylation sites (N-methyl/N-ethyl adjacent to an activating group) is 1. The third-order valence-corrected chi connectivity index (χ3v) is 0.880. The summed E-state index contributed by atoms with van der Waals surface area (Å²) in [6.07, 6.45) is 1.83. The Kier molecular flexibility index (Phi) is 1.96. The van der Waals surface area contributed by atoms with Crippen LogP contribution in [0.3, 0.4) is 0 Å². The minimum absolute atomic E-state index is 0.472. The molecule has 0 aromatic heterocycles. The first-order valence-corrected chi connectivity index (χ1v) is 2.20. The Labute approximate surface area is 43.9 Å². The van der Waals surface area contributed by atoms with E-state index >= 15 is 0 Å². The Hall–Kier alpha value is -0.370. The van der Waals surface area contributed by atoms with Crippen LogP contribution in [0.25, 0.3) is 0 Å². The van der Waals surface area contributed by atoms with Crippen molar-refractivity contribution in [2.24, 2.45) is 0 Å². The molecule has 1 radical (unpaired) electrons. The second-order valence-corrected chi connectivity index (χ2v) is 1.98. The summed E-state index contributed by atoms with van der Waals surface area (Å²) in [7, 11) is 1.73. The molecule has 7 heavy (non-hydrogen) atoms. The molecule has 0 aromatic carbocycles. The van der Waals surface area contributed by atoms with Crippen LogP contribution < -0.4 is 5.32 Å². The monoisotopic (exact) mass is 100 g/mol. The van der Waals surface area contributed by atoms with Crippen LogP contribution >= 0.6 is 0 Å². The lowest BCUT2D eigenvalue weighted by Crippen LogP contribution is -2.37. The first-order valence-electron chi connectivity index (χ1n) is 2.20. The van der Waals surface area contributed by atoms with Gasteiger partial charge in [-0.25, -0.2) is 0 Å². The number of hydrogen-bond acceptors (Lipinski definition) is 2. The van der Waals surface area contributed by atoms with E-state index in [1.165, 1.54) is 0 Å². The third-order valence-electron chi connectivity index (χ3n) is 0.880. The zero-order chi connectivity index (χ0) is 5.91. The van der Waals surface area contributed by atoms with Gasteiger partial charge in [-0.2, -0.15) is 0 Å². The third kappa shape index (κ3) is 2.34. The molecule has 0 aliphatic carbocycles. The van der Waals surface area contributed by atoms with Gasteiger partial charge in [-0.05, 0) is 20.9 Å². The van der Waals surface area contributed by atoms with Gasteiger partial charge in [-0.3, -0.25) is 4.79 Å². The fraction of sp³-hybridized carbons (Fsp3) is 0.800. The van der Waals surface area contributed by atoms with Gasteiger partial charge in [-0.15, -0.1) is 0 Å². The average Bonchev–Trinajstić information content (AvgIpc) is 1.68. The first-order chi connectivity index (χ1) is 3.12. The maximum Gasteiger partial charge on any atom is 0.219 e. The highest BCUT2D eigenvalue weighted by atomic mass is 16.1. The van der Waals surface area contributed by atoms with Crippen molar-refractivity contribution < 1.29 is 4.79 Å². The van der Waals surface area contributed by atoms with Gasteiger partial charge >= 0.3 is 0 Å². The molecule has 0 atom stereocenters. The van der Waals surface area contributed by atoms with Crippen LogP contribution in [0.4, 0.5) is 0 Å². The molecule has 0 spiro atoms. The van der Waals surface area contributed by atoms with Crippen molar-refractivity contribution in [1.29, 1.82) is 0 Å². The minimum Gasteiger partial charge on any atom is -0.308 e. The molecular formula is C5H10NO. The molecular weight excluding hydrogens is 90.1 g/mol. The van der Waals surface area contributed by atoms with Gasteiger partial charge in [0.2, 0.25) is 6.29 Å². The molecule has 41 valence electrons. The maximum atomic E-state index is 9.87. The number of nitrogens with one attached hydrogen (secondary N) is 1. The van der Waals surface area contributed by atoms with Crippen molar-refractivity contribution in [2.45, 2.75) is 19.4 Å². The summed E-state index contributed by atoms with van der Waals surface area (Å²) in [6.45, 7) is 3.53. The smallest absolute Gasteiger partial charge is 0.219 e. The Balaban J connectivity index is 3.58. The summed E-state index contributed by atoms with van der Waals surface area (Å²) in [5, 5.41) is 2.77. The van der Waals surface area contributed by atoms with E-state index in [1.807, 2.05) is 6.29 Å². The van der Waals surface area contributed by atoms with Crippen molar-refractivity contribution in [3.8, 4) is 0 Å². The van der Waals surface area contributed by atoms with Crippen molar-refractivity contribution >= 4 is 6.29 Å². The summed E-state index contributed by atoms with van der Waals surface area (Å²) < 4.78 is 0. The van der Waals surface area contributed by atoms with Crippen LogP contribution in [0.2, 0.25) is 0 Å². The topological polar surface area (TPSA) is 29.1 Å². The van der Waals surface area contributed by atoms with E-state index in [-0.39, 0.29) is 0 Å². The first kappa shape index (κ1) is 6.63. The Morgan fingerprint density at radius 2 is 2.00 bits per heavy atom. The molecule has 0 unspecified atom stereocenters. The molecule has 0 saturated heterocycles. The van der Waals surface area contributed by atoms with Gasteiger partial charge in [0.15, 0.2) is 0 Å². The number of carbonyl (C=O) groups excluding carboxylic acids is 1. The highest BCUT2D eigenvalue weighted by Gasteiger charge is 2.12.